The van der Waals surface area contributed by atoms with E-state index in [1.54, 1.807) is 14.2 Å². The summed E-state index contributed by atoms with van der Waals surface area (Å²) in [6, 6.07) is 3.80. The summed E-state index contributed by atoms with van der Waals surface area (Å²) in [6.07, 6.45) is 1.50. The van der Waals surface area contributed by atoms with Crippen molar-refractivity contribution in [3.8, 4) is 5.75 Å². The molecule has 0 fully saturated rings. The average Bonchev–Trinajstić information content (AvgIpc) is 2.45. The number of pyridine rings is 1. The van der Waals surface area contributed by atoms with E-state index in [2.05, 4.69) is 10.3 Å². The Balaban J connectivity index is 2.86. The van der Waals surface area contributed by atoms with Crippen LogP contribution in [0, 0.1) is 6.92 Å². The van der Waals surface area contributed by atoms with Crippen LogP contribution >= 0.6 is 0 Å². The Morgan fingerprint density at radius 2 is 2.05 bits per heavy atom. The first-order valence-corrected chi connectivity index (χ1v) is 5.86. The Morgan fingerprint density at radius 1 is 1.32 bits per heavy atom. The molecule has 2 rings (SSSR count). The van der Waals surface area contributed by atoms with Crippen molar-refractivity contribution < 1.29 is 14.3 Å². The molecule has 1 heterocycles. The van der Waals surface area contributed by atoms with Gasteiger partial charge in [0, 0.05) is 18.6 Å². The van der Waals surface area contributed by atoms with Gasteiger partial charge < -0.3 is 14.8 Å². The SMILES string of the molecule is CNc1c(C(=O)OC)cnc2c(OC)ccc(C)c12. The second-order valence-electron chi connectivity index (χ2n) is 4.10. The molecule has 0 atom stereocenters. The molecule has 0 saturated carbocycles. The van der Waals surface area contributed by atoms with Crippen LogP contribution in [0.3, 0.4) is 0 Å². The number of aryl methyl sites for hydroxylation is 1. The number of nitrogens with one attached hydrogen (secondary N) is 1. The molecule has 19 heavy (non-hydrogen) atoms. The lowest BCUT2D eigenvalue weighted by Gasteiger charge is -2.14. The Kier molecular flexibility index (Phi) is 3.55. The van der Waals surface area contributed by atoms with Gasteiger partial charge in [0.1, 0.15) is 16.8 Å². The van der Waals surface area contributed by atoms with E-state index in [0.717, 1.165) is 16.5 Å². The summed E-state index contributed by atoms with van der Waals surface area (Å²) in [5.41, 5.74) is 2.85. The van der Waals surface area contributed by atoms with Crippen LogP contribution in [0.4, 0.5) is 5.69 Å². The minimum Gasteiger partial charge on any atom is -0.494 e. The van der Waals surface area contributed by atoms with Crippen molar-refractivity contribution in [1.29, 1.82) is 0 Å². The molecule has 0 aliphatic carbocycles. The predicted molar refractivity (Wildman–Crippen MR) is 73.9 cm³/mol. The molecule has 0 saturated heterocycles. The van der Waals surface area contributed by atoms with E-state index in [-0.39, 0.29) is 0 Å². The van der Waals surface area contributed by atoms with Gasteiger partial charge in [-0.05, 0) is 18.6 Å². The fraction of sp³-hybridized carbons (Fsp3) is 0.286. The van der Waals surface area contributed by atoms with Crippen molar-refractivity contribution >= 4 is 22.6 Å². The number of hydrogen-bond acceptors (Lipinski definition) is 5. The fourth-order valence-corrected chi connectivity index (χ4v) is 2.13. The van der Waals surface area contributed by atoms with Gasteiger partial charge >= 0.3 is 5.97 Å². The van der Waals surface area contributed by atoms with E-state index in [1.807, 2.05) is 19.1 Å². The van der Waals surface area contributed by atoms with Crippen molar-refractivity contribution in [3.63, 3.8) is 0 Å². The van der Waals surface area contributed by atoms with Crippen LogP contribution in [0.5, 0.6) is 5.75 Å². The lowest BCUT2D eigenvalue weighted by atomic mass is 10.0. The third-order valence-electron chi connectivity index (χ3n) is 3.07. The van der Waals surface area contributed by atoms with Gasteiger partial charge in [0.25, 0.3) is 0 Å². The lowest BCUT2D eigenvalue weighted by Crippen LogP contribution is -2.08. The predicted octanol–water partition coefficient (Wildman–Crippen LogP) is 2.38. The van der Waals surface area contributed by atoms with Crippen LogP contribution in [0.25, 0.3) is 10.9 Å². The number of carbonyl (C=O) groups excluding carboxylic acids is 1. The van der Waals surface area contributed by atoms with Gasteiger partial charge in [-0.15, -0.1) is 0 Å². The van der Waals surface area contributed by atoms with Crippen LogP contribution in [-0.4, -0.2) is 32.2 Å². The van der Waals surface area contributed by atoms with Crippen LogP contribution < -0.4 is 10.1 Å². The molecule has 0 bridgehead atoms. The van der Waals surface area contributed by atoms with E-state index >= 15 is 0 Å². The highest BCUT2D eigenvalue weighted by Crippen LogP contribution is 2.34. The summed E-state index contributed by atoms with van der Waals surface area (Å²) >= 11 is 0. The summed E-state index contributed by atoms with van der Waals surface area (Å²) in [7, 11) is 4.71. The van der Waals surface area contributed by atoms with E-state index in [0.29, 0.717) is 17.0 Å². The number of carbonyl (C=O) groups is 1. The largest absolute Gasteiger partial charge is 0.494 e. The monoisotopic (exact) mass is 260 g/mol. The molecule has 100 valence electrons. The first kappa shape index (κ1) is 13.1. The Labute approximate surface area is 111 Å². The second kappa shape index (κ2) is 5.14. The summed E-state index contributed by atoms with van der Waals surface area (Å²) in [6.45, 7) is 1.96. The smallest absolute Gasteiger partial charge is 0.341 e. The van der Waals surface area contributed by atoms with Crippen molar-refractivity contribution in [2.24, 2.45) is 0 Å². The minimum absolute atomic E-state index is 0.411. The van der Waals surface area contributed by atoms with Crippen molar-refractivity contribution in [2.75, 3.05) is 26.6 Å². The van der Waals surface area contributed by atoms with Gasteiger partial charge in [-0.3, -0.25) is 4.98 Å². The van der Waals surface area contributed by atoms with Crippen LogP contribution in [-0.2, 0) is 4.74 Å². The lowest BCUT2D eigenvalue weighted by molar-refractivity contribution is 0.0601. The van der Waals surface area contributed by atoms with Gasteiger partial charge in [0.05, 0.1) is 19.9 Å². The molecule has 1 aromatic carbocycles. The number of methoxy groups -OCH3 is 2. The molecule has 0 amide bonds. The molecule has 2 aromatic rings. The molecular weight excluding hydrogens is 244 g/mol. The molecule has 5 heteroatoms. The zero-order chi connectivity index (χ0) is 14.0. The van der Waals surface area contributed by atoms with Crippen molar-refractivity contribution in [1.82, 2.24) is 4.98 Å². The number of nitrogens with zero attached hydrogens (tertiary/aromatic N) is 1. The van der Waals surface area contributed by atoms with Gasteiger partial charge in [-0.25, -0.2) is 4.79 Å². The second-order valence-corrected chi connectivity index (χ2v) is 4.10. The topological polar surface area (TPSA) is 60.5 Å². The van der Waals surface area contributed by atoms with Crippen LogP contribution in [0.2, 0.25) is 0 Å². The Hall–Kier alpha value is -2.30. The number of rotatable bonds is 3. The van der Waals surface area contributed by atoms with Crippen molar-refractivity contribution in [2.45, 2.75) is 6.92 Å². The normalized spacial score (nSPS) is 10.3. The molecule has 0 aliphatic rings. The number of benzene rings is 1. The van der Waals surface area contributed by atoms with E-state index in [1.165, 1.54) is 13.3 Å². The number of ether oxygens (including phenoxy) is 2. The summed E-state index contributed by atoms with van der Waals surface area (Å²) in [4.78, 5) is 16.1. The molecule has 1 N–H and O–H groups in total. The van der Waals surface area contributed by atoms with Crippen LogP contribution in [0.15, 0.2) is 18.3 Å². The number of anilines is 1. The van der Waals surface area contributed by atoms with Gasteiger partial charge in [0.15, 0.2) is 0 Å². The van der Waals surface area contributed by atoms with E-state index in [9.17, 15) is 4.79 Å². The maximum atomic E-state index is 11.8. The maximum absolute atomic E-state index is 11.8. The maximum Gasteiger partial charge on any atom is 0.341 e. The average molecular weight is 260 g/mol. The molecule has 1 aromatic heterocycles. The van der Waals surface area contributed by atoms with Gasteiger partial charge in [0.2, 0.25) is 0 Å². The third kappa shape index (κ3) is 2.07. The number of aromatic nitrogens is 1. The Bertz CT molecular complexity index is 638. The quantitative estimate of drug-likeness (QED) is 0.858. The zero-order valence-electron chi connectivity index (χ0n) is 11.4. The molecule has 5 nitrogen and oxygen atoms in total. The summed E-state index contributed by atoms with van der Waals surface area (Å²) in [5, 5.41) is 3.92. The molecular formula is C14H16N2O3. The highest BCUT2D eigenvalue weighted by molar-refractivity contribution is 6.07. The van der Waals surface area contributed by atoms with Crippen molar-refractivity contribution in [3.05, 3.63) is 29.5 Å². The first-order chi connectivity index (χ1) is 9.13. The standard InChI is InChI=1S/C14H16N2O3/c1-8-5-6-10(18-3)13-11(8)12(15-2)9(7-16-13)14(17)19-4/h5-7H,1-4H3,(H,15,16). The van der Waals surface area contributed by atoms with E-state index < -0.39 is 5.97 Å². The molecule has 0 radical (unpaired) electrons. The Morgan fingerprint density at radius 3 is 2.63 bits per heavy atom. The molecule has 0 aliphatic heterocycles. The summed E-state index contributed by atoms with van der Waals surface area (Å²) in [5.74, 6) is 0.259. The highest BCUT2D eigenvalue weighted by Gasteiger charge is 2.18. The zero-order valence-corrected chi connectivity index (χ0v) is 11.4. The van der Waals surface area contributed by atoms with Gasteiger partial charge in [-0.1, -0.05) is 6.07 Å². The highest BCUT2D eigenvalue weighted by atomic mass is 16.5. The molecule has 0 spiro atoms. The number of hydrogen-bond donors (Lipinski definition) is 1. The van der Waals surface area contributed by atoms with Gasteiger partial charge in [-0.2, -0.15) is 0 Å². The minimum atomic E-state index is -0.416. The first-order valence-electron chi connectivity index (χ1n) is 5.86. The van der Waals surface area contributed by atoms with E-state index in [4.69, 9.17) is 9.47 Å². The third-order valence-corrected chi connectivity index (χ3v) is 3.07. The number of fused-ring (bicyclic) bond motifs is 1. The fourth-order valence-electron chi connectivity index (χ4n) is 2.13. The summed E-state index contributed by atoms with van der Waals surface area (Å²) < 4.78 is 10.1. The van der Waals surface area contributed by atoms with Crippen LogP contribution in [0.1, 0.15) is 15.9 Å². The number of esters is 1. The molecule has 0 unspecified atom stereocenters.